The molecule has 9 heteroatoms. The van der Waals surface area contributed by atoms with Crippen molar-refractivity contribution in [3.05, 3.63) is 59.7 Å². The van der Waals surface area contributed by atoms with Gasteiger partial charge < -0.3 is 14.8 Å². The quantitative estimate of drug-likeness (QED) is 0.398. The van der Waals surface area contributed by atoms with Gasteiger partial charge in [0.05, 0.1) is 7.11 Å². The zero-order valence-corrected chi connectivity index (χ0v) is 17.5. The molecule has 0 aliphatic heterocycles. The van der Waals surface area contributed by atoms with E-state index in [0.29, 0.717) is 6.61 Å². The first kappa shape index (κ1) is 22.0. The number of methoxy groups -OCH3 is 1. The van der Waals surface area contributed by atoms with E-state index in [1.54, 1.807) is 23.6 Å². The standard InChI is InChI=1S/C19H23N5O2S.ClH/c1-24-19(21-22-23-24)27-11-10-20-13-16-8-9-17(18(12-16)25-2)26-14-15-6-4-3-5-7-15;/h3-9,12,20H,10-11,13-14H2,1-2H3;1H. The second-order valence-corrected chi connectivity index (χ2v) is 6.93. The summed E-state index contributed by atoms with van der Waals surface area (Å²) in [6, 6.07) is 16.1. The Morgan fingerprint density at radius 3 is 2.61 bits per heavy atom. The van der Waals surface area contributed by atoms with E-state index in [9.17, 15) is 0 Å². The van der Waals surface area contributed by atoms with Crippen LogP contribution in [-0.4, -0.2) is 39.6 Å². The lowest BCUT2D eigenvalue weighted by atomic mass is 10.2. The molecule has 0 radical (unpaired) electrons. The van der Waals surface area contributed by atoms with Crippen LogP contribution in [0.1, 0.15) is 11.1 Å². The van der Waals surface area contributed by atoms with E-state index < -0.39 is 0 Å². The Bertz CT molecular complexity index is 847. The normalized spacial score (nSPS) is 10.4. The molecule has 0 atom stereocenters. The van der Waals surface area contributed by atoms with E-state index >= 15 is 0 Å². The van der Waals surface area contributed by atoms with Crippen molar-refractivity contribution in [3.63, 3.8) is 0 Å². The minimum Gasteiger partial charge on any atom is -0.493 e. The largest absolute Gasteiger partial charge is 0.493 e. The number of benzene rings is 2. The lowest BCUT2D eigenvalue weighted by Crippen LogP contribution is -2.16. The van der Waals surface area contributed by atoms with Gasteiger partial charge in [0.2, 0.25) is 5.16 Å². The van der Waals surface area contributed by atoms with E-state index in [1.807, 2.05) is 49.5 Å². The summed E-state index contributed by atoms with van der Waals surface area (Å²) < 4.78 is 13.0. The summed E-state index contributed by atoms with van der Waals surface area (Å²) in [6.07, 6.45) is 0. The second-order valence-electron chi connectivity index (χ2n) is 5.87. The van der Waals surface area contributed by atoms with Crippen LogP contribution in [0.4, 0.5) is 0 Å². The van der Waals surface area contributed by atoms with Gasteiger partial charge >= 0.3 is 0 Å². The molecule has 150 valence electrons. The highest BCUT2D eigenvalue weighted by molar-refractivity contribution is 7.99. The van der Waals surface area contributed by atoms with Gasteiger partial charge in [0.1, 0.15) is 6.61 Å². The Morgan fingerprint density at radius 2 is 1.89 bits per heavy atom. The summed E-state index contributed by atoms with van der Waals surface area (Å²) in [5.74, 6) is 2.38. The smallest absolute Gasteiger partial charge is 0.209 e. The van der Waals surface area contributed by atoms with Gasteiger partial charge in [-0.25, -0.2) is 4.68 Å². The number of aromatic nitrogens is 4. The van der Waals surface area contributed by atoms with Gasteiger partial charge in [-0.05, 0) is 33.7 Å². The van der Waals surface area contributed by atoms with Crippen LogP contribution in [0.3, 0.4) is 0 Å². The highest BCUT2D eigenvalue weighted by atomic mass is 35.5. The van der Waals surface area contributed by atoms with Crippen molar-refractivity contribution in [2.24, 2.45) is 7.05 Å². The third-order valence-corrected chi connectivity index (χ3v) is 4.90. The molecule has 0 saturated heterocycles. The van der Waals surface area contributed by atoms with Crippen molar-refractivity contribution < 1.29 is 9.47 Å². The monoisotopic (exact) mass is 421 g/mol. The Kier molecular flexibility index (Phi) is 9.06. The van der Waals surface area contributed by atoms with Gasteiger partial charge in [-0.15, -0.1) is 17.5 Å². The van der Waals surface area contributed by atoms with Crippen molar-refractivity contribution >= 4 is 24.2 Å². The summed E-state index contributed by atoms with van der Waals surface area (Å²) in [7, 11) is 3.50. The molecule has 1 aromatic heterocycles. The number of tetrazole rings is 1. The Morgan fingerprint density at radius 1 is 1.07 bits per heavy atom. The number of nitrogens with one attached hydrogen (secondary N) is 1. The Balaban J connectivity index is 0.00000280. The minimum atomic E-state index is 0. The topological polar surface area (TPSA) is 74.1 Å². The molecule has 0 fully saturated rings. The molecule has 28 heavy (non-hydrogen) atoms. The van der Waals surface area contributed by atoms with Crippen LogP contribution < -0.4 is 14.8 Å². The number of ether oxygens (including phenoxy) is 2. The van der Waals surface area contributed by atoms with E-state index in [-0.39, 0.29) is 12.4 Å². The minimum absolute atomic E-state index is 0. The number of hydrogen-bond donors (Lipinski definition) is 1. The van der Waals surface area contributed by atoms with E-state index in [0.717, 1.165) is 46.6 Å². The fraction of sp³-hybridized carbons (Fsp3) is 0.316. The van der Waals surface area contributed by atoms with Crippen molar-refractivity contribution in [2.75, 3.05) is 19.4 Å². The maximum Gasteiger partial charge on any atom is 0.209 e. The average Bonchev–Trinajstić information content (AvgIpc) is 3.12. The first-order valence-electron chi connectivity index (χ1n) is 8.66. The number of thioether (sulfide) groups is 1. The maximum absolute atomic E-state index is 5.89. The predicted octanol–water partition coefficient (Wildman–Crippen LogP) is 3.10. The molecule has 0 aliphatic rings. The fourth-order valence-corrected chi connectivity index (χ4v) is 3.21. The highest BCUT2D eigenvalue weighted by Crippen LogP contribution is 2.28. The zero-order chi connectivity index (χ0) is 18.9. The zero-order valence-electron chi connectivity index (χ0n) is 15.9. The van der Waals surface area contributed by atoms with Gasteiger partial charge in [0, 0.05) is 25.9 Å². The average molecular weight is 422 g/mol. The Labute approximate surface area is 175 Å². The van der Waals surface area contributed by atoms with Crippen LogP contribution >= 0.6 is 24.2 Å². The summed E-state index contributed by atoms with van der Waals surface area (Å²) in [5, 5.41) is 15.6. The summed E-state index contributed by atoms with van der Waals surface area (Å²) in [5.41, 5.74) is 2.27. The summed E-state index contributed by atoms with van der Waals surface area (Å²) >= 11 is 1.62. The summed E-state index contributed by atoms with van der Waals surface area (Å²) in [4.78, 5) is 0. The van der Waals surface area contributed by atoms with Gasteiger partial charge in [0.25, 0.3) is 0 Å². The van der Waals surface area contributed by atoms with E-state index in [2.05, 4.69) is 26.9 Å². The lowest BCUT2D eigenvalue weighted by molar-refractivity contribution is 0.284. The molecule has 0 unspecified atom stereocenters. The molecule has 0 amide bonds. The number of halogens is 1. The van der Waals surface area contributed by atoms with Gasteiger partial charge in [0.15, 0.2) is 11.5 Å². The number of hydrogen-bond acceptors (Lipinski definition) is 7. The number of nitrogens with zero attached hydrogens (tertiary/aromatic N) is 4. The van der Waals surface area contributed by atoms with Crippen molar-refractivity contribution in [1.29, 1.82) is 0 Å². The third kappa shape index (κ3) is 6.40. The third-order valence-electron chi connectivity index (χ3n) is 3.89. The molecule has 1 N–H and O–H groups in total. The number of rotatable bonds is 10. The predicted molar refractivity (Wildman–Crippen MR) is 112 cm³/mol. The molecule has 0 spiro atoms. The molecule has 2 aromatic carbocycles. The van der Waals surface area contributed by atoms with Crippen LogP contribution in [0, 0.1) is 0 Å². The molecule has 1 heterocycles. The summed E-state index contributed by atoms with van der Waals surface area (Å²) in [6.45, 7) is 2.13. The number of aryl methyl sites for hydroxylation is 1. The lowest BCUT2D eigenvalue weighted by Gasteiger charge is -2.13. The molecule has 7 nitrogen and oxygen atoms in total. The molecular formula is C19H24ClN5O2S. The van der Waals surface area contributed by atoms with Crippen LogP contribution in [0.2, 0.25) is 0 Å². The van der Waals surface area contributed by atoms with Crippen LogP contribution in [-0.2, 0) is 20.2 Å². The Hall–Kier alpha value is -2.29. The van der Waals surface area contributed by atoms with Crippen LogP contribution in [0.5, 0.6) is 11.5 Å². The van der Waals surface area contributed by atoms with Crippen molar-refractivity contribution in [3.8, 4) is 11.5 Å². The molecular weight excluding hydrogens is 398 g/mol. The van der Waals surface area contributed by atoms with Crippen LogP contribution in [0.25, 0.3) is 0 Å². The second kappa shape index (κ2) is 11.5. The first-order valence-corrected chi connectivity index (χ1v) is 9.64. The van der Waals surface area contributed by atoms with Gasteiger partial charge in [-0.3, -0.25) is 0 Å². The molecule has 3 rings (SSSR count). The first-order chi connectivity index (χ1) is 13.3. The van der Waals surface area contributed by atoms with Crippen molar-refractivity contribution in [2.45, 2.75) is 18.3 Å². The fourth-order valence-electron chi connectivity index (χ4n) is 2.47. The van der Waals surface area contributed by atoms with Gasteiger partial charge in [-0.2, -0.15) is 0 Å². The van der Waals surface area contributed by atoms with Gasteiger partial charge in [-0.1, -0.05) is 48.2 Å². The molecule has 0 bridgehead atoms. The molecule has 0 saturated carbocycles. The maximum atomic E-state index is 5.89. The molecule has 3 aromatic rings. The van der Waals surface area contributed by atoms with E-state index in [4.69, 9.17) is 9.47 Å². The highest BCUT2D eigenvalue weighted by Gasteiger charge is 2.07. The molecule has 0 aliphatic carbocycles. The SMILES string of the molecule is COc1cc(CNCCSc2nnnn2C)ccc1OCc1ccccc1.Cl. The van der Waals surface area contributed by atoms with Crippen LogP contribution in [0.15, 0.2) is 53.7 Å². The van der Waals surface area contributed by atoms with E-state index in [1.165, 1.54) is 0 Å². The van der Waals surface area contributed by atoms with Crippen molar-refractivity contribution in [1.82, 2.24) is 25.5 Å².